The number of nitrogens with zero attached hydrogens (tertiary/aromatic N) is 2. The van der Waals surface area contributed by atoms with Crippen molar-refractivity contribution < 1.29 is 9.32 Å². The average Bonchev–Trinajstić information content (AvgIpc) is 2.93. The standard InChI is InChI=1S/C21H33N3O2/c1-20(2,3)17-8-19(26-23-17)22-18(25)12-24(4)13-21-9-14-5-15(10-21)7-16(6-14)11-21/h8,14-16H,5-7,9-13H2,1-4H3,(H,22,25). The van der Waals surface area contributed by atoms with Gasteiger partial charge in [0, 0.05) is 18.0 Å². The van der Waals surface area contributed by atoms with Gasteiger partial charge in [0.15, 0.2) is 0 Å². The Morgan fingerprint density at radius 2 is 1.81 bits per heavy atom. The first-order valence-corrected chi connectivity index (χ1v) is 10.2. The highest BCUT2D eigenvalue weighted by Gasteiger charge is 2.51. The summed E-state index contributed by atoms with van der Waals surface area (Å²) in [6.45, 7) is 7.70. The molecule has 0 radical (unpaired) electrons. The van der Waals surface area contributed by atoms with Gasteiger partial charge in [0.25, 0.3) is 0 Å². The Hall–Kier alpha value is -1.36. The molecule has 5 heteroatoms. The number of likely N-dealkylation sites (N-methyl/N-ethyl adjacent to an activating group) is 1. The van der Waals surface area contributed by atoms with Crippen LogP contribution in [0, 0.1) is 23.2 Å². The Balaban J connectivity index is 1.31. The van der Waals surface area contributed by atoms with Crippen molar-refractivity contribution in [2.24, 2.45) is 23.2 Å². The number of carbonyl (C=O) groups is 1. The van der Waals surface area contributed by atoms with Gasteiger partial charge in [-0.3, -0.25) is 15.0 Å². The van der Waals surface area contributed by atoms with Crippen molar-refractivity contribution in [3.63, 3.8) is 0 Å². The second kappa shape index (κ2) is 6.36. The van der Waals surface area contributed by atoms with Crippen LogP contribution in [-0.4, -0.2) is 36.1 Å². The molecule has 0 saturated heterocycles. The fourth-order valence-electron chi connectivity index (χ4n) is 6.22. The number of amides is 1. The second-order valence-electron chi connectivity index (χ2n) is 10.5. The normalized spacial score (nSPS) is 33.0. The van der Waals surface area contributed by atoms with Crippen molar-refractivity contribution >= 4 is 11.8 Å². The molecular formula is C21H33N3O2. The van der Waals surface area contributed by atoms with Gasteiger partial charge in [-0.05, 0) is 68.7 Å². The van der Waals surface area contributed by atoms with Gasteiger partial charge in [0.2, 0.25) is 11.8 Å². The van der Waals surface area contributed by atoms with Crippen LogP contribution >= 0.6 is 0 Å². The molecule has 1 aromatic heterocycles. The van der Waals surface area contributed by atoms with Gasteiger partial charge in [0.1, 0.15) is 0 Å². The van der Waals surface area contributed by atoms with Crippen LogP contribution in [0.4, 0.5) is 5.88 Å². The SMILES string of the molecule is CN(CC(=O)Nc1cc(C(C)(C)C)no1)CC12CC3CC(CC(C3)C1)C2. The summed E-state index contributed by atoms with van der Waals surface area (Å²) >= 11 is 0. The van der Waals surface area contributed by atoms with Crippen molar-refractivity contribution in [1.82, 2.24) is 10.1 Å². The molecule has 0 aliphatic heterocycles. The predicted molar refractivity (Wildman–Crippen MR) is 102 cm³/mol. The van der Waals surface area contributed by atoms with Crippen molar-refractivity contribution in [3.05, 3.63) is 11.8 Å². The van der Waals surface area contributed by atoms with Crippen LogP contribution in [0.5, 0.6) is 0 Å². The zero-order chi connectivity index (χ0) is 18.5. The Kier molecular flexibility index (Phi) is 4.41. The van der Waals surface area contributed by atoms with Crippen LogP contribution in [0.2, 0.25) is 0 Å². The van der Waals surface area contributed by atoms with E-state index in [1.54, 1.807) is 0 Å². The smallest absolute Gasteiger partial charge is 0.240 e. The molecular weight excluding hydrogens is 326 g/mol. The lowest BCUT2D eigenvalue weighted by Crippen LogP contribution is -2.51. The first-order valence-electron chi connectivity index (χ1n) is 10.2. The molecule has 4 saturated carbocycles. The van der Waals surface area contributed by atoms with Gasteiger partial charge in [-0.25, -0.2) is 0 Å². The largest absolute Gasteiger partial charge is 0.338 e. The molecule has 4 fully saturated rings. The summed E-state index contributed by atoms with van der Waals surface area (Å²) < 4.78 is 5.28. The summed E-state index contributed by atoms with van der Waals surface area (Å²) in [7, 11) is 2.08. The van der Waals surface area contributed by atoms with Crippen LogP contribution in [-0.2, 0) is 10.2 Å². The maximum Gasteiger partial charge on any atom is 0.240 e. The maximum atomic E-state index is 12.4. The molecule has 0 aromatic carbocycles. The van der Waals surface area contributed by atoms with Crippen LogP contribution in [0.25, 0.3) is 0 Å². The Bertz CT molecular complexity index is 638. The summed E-state index contributed by atoms with van der Waals surface area (Å²) in [5, 5.41) is 6.93. The summed E-state index contributed by atoms with van der Waals surface area (Å²) in [5.74, 6) is 3.28. The van der Waals surface area contributed by atoms with E-state index in [2.05, 4.69) is 43.2 Å². The number of aromatic nitrogens is 1. The lowest BCUT2D eigenvalue weighted by molar-refractivity contribution is -0.118. The minimum atomic E-state index is -0.0816. The zero-order valence-electron chi connectivity index (χ0n) is 16.7. The fraction of sp³-hybridized carbons (Fsp3) is 0.810. The number of carbonyl (C=O) groups excluding carboxylic acids is 1. The highest BCUT2D eigenvalue weighted by atomic mass is 16.5. The van der Waals surface area contributed by atoms with Gasteiger partial charge in [0.05, 0.1) is 12.2 Å². The summed E-state index contributed by atoms with van der Waals surface area (Å²) in [4.78, 5) is 14.6. The zero-order valence-corrected chi connectivity index (χ0v) is 16.7. The van der Waals surface area contributed by atoms with Crippen LogP contribution < -0.4 is 5.32 Å². The molecule has 1 amide bonds. The topological polar surface area (TPSA) is 58.4 Å². The Morgan fingerprint density at radius 1 is 1.23 bits per heavy atom. The van der Waals surface area contributed by atoms with Crippen molar-refractivity contribution in [3.8, 4) is 0 Å². The number of anilines is 1. The molecule has 1 aromatic rings. The van der Waals surface area contributed by atoms with Gasteiger partial charge >= 0.3 is 0 Å². The lowest BCUT2D eigenvalue weighted by Gasteiger charge is -2.57. The van der Waals surface area contributed by atoms with E-state index in [-0.39, 0.29) is 11.3 Å². The Labute approximate surface area is 156 Å². The molecule has 26 heavy (non-hydrogen) atoms. The summed E-state index contributed by atoms with van der Waals surface area (Å²) in [5.41, 5.74) is 1.24. The van der Waals surface area contributed by atoms with Crippen molar-refractivity contribution in [2.45, 2.75) is 64.7 Å². The van der Waals surface area contributed by atoms with E-state index in [4.69, 9.17) is 4.52 Å². The van der Waals surface area contributed by atoms with Crippen LogP contribution in [0.15, 0.2) is 10.6 Å². The van der Waals surface area contributed by atoms with E-state index in [1.807, 2.05) is 6.07 Å². The number of hydrogen-bond donors (Lipinski definition) is 1. The molecule has 5 nitrogen and oxygen atoms in total. The minimum Gasteiger partial charge on any atom is -0.338 e. The second-order valence-corrected chi connectivity index (χ2v) is 10.5. The summed E-state index contributed by atoms with van der Waals surface area (Å²) in [6.07, 6.45) is 8.52. The number of hydrogen-bond acceptors (Lipinski definition) is 4. The highest BCUT2D eigenvalue weighted by Crippen LogP contribution is 2.60. The van der Waals surface area contributed by atoms with E-state index in [1.165, 1.54) is 38.5 Å². The highest BCUT2D eigenvalue weighted by molar-refractivity contribution is 5.90. The lowest BCUT2D eigenvalue weighted by atomic mass is 9.49. The molecule has 0 unspecified atom stereocenters. The van der Waals surface area contributed by atoms with Crippen LogP contribution in [0.3, 0.4) is 0 Å². The monoisotopic (exact) mass is 359 g/mol. The first kappa shape index (κ1) is 18.0. The molecule has 1 N–H and O–H groups in total. The molecule has 5 rings (SSSR count). The average molecular weight is 360 g/mol. The number of rotatable bonds is 5. The first-order chi connectivity index (χ1) is 12.2. The van der Waals surface area contributed by atoms with Gasteiger partial charge in [-0.1, -0.05) is 25.9 Å². The van der Waals surface area contributed by atoms with Crippen molar-refractivity contribution in [2.75, 3.05) is 25.5 Å². The van der Waals surface area contributed by atoms with Gasteiger partial charge < -0.3 is 4.52 Å². The van der Waals surface area contributed by atoms with E-state index < -0.39 is 0 Å². The van der Waals surface area contributed by atoms with Gasteiger partial charge in [-0.15, -0.1) is 0 Å². The molecule has 4 aliphatic carbocycles. The van der Waals surface area contributed by atoms with E-state index >= 15 is 0 Å². The van der Waals surface area contributed by atoms with E-state index in [9.17, 15) is 4.79 Å². The molecule has 0 spiro atoms. The predicted octanol–water partition coefficient (Wildman–Crippen LogP) is 4.06. The molecule has 1 heterocycles. The number of nitrogens with one attached hydrogen (secondary N) is 1. The molecule has 0 atom stereocenters. The summed E-state index contributed by atoms with van der Waals surface area (Å²) in [6, 6.07) is 1.83. The van der Waals surface area contributed by atoms with E-state index in [0.29, 0.717) is 17.8 Å². The van der Waals surface area contributed by atoms with Crippen LogP contribution in [0.1, 0.15) is 65.0 Å². The Morgan fingerprint density at radius 3 is 2.31 bits per heavy atom. The van der Waals surface area contributed by atoms with E-state index in [0.717, 1.165) is 30.0 Å². The minimum absolute atomic E-state index is 0.0196. The molecule has 144 valence electrons. The third-order valence-corrected chi connectivity index (χ3v) is 6.73. The molecule has 4 bridgehead atoms. The third-order valence-electron chi connectivity index (χ3n) is 6.73. The van der Waals surface area contributed by atoms with Gasteiger partial charge in [-0.2, -0.15) is 0 Å². The maximum absolute atomic E-state index is 12.4. The quantitative estimate of drug-likeness (QED) is 0.861. The third kappa shape index (κ3) is 3.68. The fourth-order valence-corrected chi connectivity index (χ4v) is 6.22. The molecule has 4 aliphatic rings. The van der Waals surface area contributed by atoms with Crippen molar-refractivity contribution in [1.29, 1.82) is 0 Å².